The van der Waals surface area contributed by atoms with Crippen LogP contribution >= 0.6 is 15.9 Å². The summed E-state index contributed by atoms with van der Waals surface area (Å²) >= 11 is 3.44. The molecular formula is C18H22BrNO4. The lowest BCUT2D eigenvalue weighted by atomic mass is 9.77. The summed E-state index contributed by atoms with van der Waals surface area (Å²) in [5, 5.41) is 9.26. The van der Waals surface area contributed by atoms with Crippen molar-refractivity contribution < 1.29 is 19.4 Å². The molecule has 1 heterocycles. The number of ether oxygens (including phenoxy) is 1. The van der Waals surface area contributed by atoms with E-state index in [1.807, 2.05) is 31.2 Å². The first-order chi connectivity index (χ1) is 11.4. The molecule has 1 aromatic carbocycles. The molecule has 6 heteroatoms. The third kappa shape index (κ3) is 3.22. The zero-order valence-corrected chi connectivity index (χ0v) is 15.3. The summed E-state index contributed by atoms with van der Waals surface area (Å²) in [5.41, 5.74) is 0.500. The first kappa shape index (κ1) is 17.4. The molecule has 2 fully saturated rings. The Balaban J connectivity index is 1.89. The first-order valence-corrected chi connectivity index (χ1v) is 9.15. The Bertz CT molecular complexity index is 624. The summed E-state index contributed by atoms with van der Waals surface area (Å²) in [6.45, 7) is 2.38. The number of rotatable bonds is 3. The minimum Gasteiger partial charge on any atom is -0.479 e. The van der Waals surface area contributed by atoms with Gasteiger partial charge in [0.15, 0.2) is 6.10 Å². The van der Waals surface area contributed by atoms with Crippen LogP contribution in [0.1, 0.15) is 38.2 Å². The number of carboxylic acids is 1. The zero-order chi connectivity index (χ0) is 17.3. The van der Waals surface area contributed by atoms with Crippen molar-refractivity contribution in [2.45, 2.75) is 50.2 Å². The van der Waals surface area contributed by atoms with E-state index in [9.17, 15) is 14.7 Å². The van der Waals surface area contributed by atoms with Gasteiger partial charge in [-0.3, -0.25) is 4.79 Å². The monoisotopic (exact) mass is 395 g/mol. The van der Waals surface area contributed by atoms with E-state index in [-0.39, 0.29) is 18.6 Å². The number of carbonyl (C=O) groups is 2. The molecule has 1 N–H and O–H groups in total. The Hall–Kier alpha value is -1.40. The predicted molar refractivity (Wildman–Crippen MR) is 92.8 cm³/mol. The van der Waals surface area contributed by atoms with Gasteiger partial charge in [0.25, 0.3) is 0 Å². The van der Waals surface area contributed by atoms with E-state index in [4.69, 9.17) is 4.74 Å². The number of amides is 1. The van der Waals surface area contributed by atoms with E-state index < -0.39 is 17.5 Å². The van der Waals surface area contributed by atoms with Crippen molar-refractivity contribution in [2.24, 2.45) is 0 Å². The van der Waals surface area contributed by atoms with Crippen LogP contribution in [0, 0.1) is 0 Å². The fraction of sp³-hybridized carbons (Fsp3) is 0.556. The van der Waals surface area contributed by atoms with Gasteiger partial charge < -0.3 is 14.7 Å². The van der Waals surface area contributed by atoms with E-state index in [2.05, 4.69) is 15.9 Å². The van der Waals surface area contributed by atoms with Gasteiger partial charge in [0, 0.05) is 11.0 Å². The van der Waals surface area contributed by atoms with Crippen molar-refractivity contribution in [1.82, 2.24) is 4.90 Å². The number of halogens is 1. The van der Waals surface area contributed by atoms with Gasteiger partial charge in [-0.2, -0.15) is 0 Å². The van der Waals surface area contributed by atoms with Crippen LogP contribution in [0.25, 0.3) is 0 Å². The summed E-state index contributed by atoms with van der Waals surface area (Å²) in [4.78, 5) is 26.4. The normalized spacial score (nSPS) is 26.3. The van der Waals surface area contributed by atoms with Crippen molar-refractivity contribution in [3.8, 4) is 0 Å². The van der Waals surface area contributed by atoms with E-state index >= 15 is 0 Å². The fourth-order valence-corrected chi connectivity index (χ4v) is 4.19. The average molecular weight is 396 g/mol. The molecule has 24 heavy (non-hydrogen) atoms. The molecule has 1 aliphatic carbocycles. The van der Waals surface area contributed by atoms with Gasteiger partial charge in [-0.05, 0) is 37.5 Å². The molecule has 2 aliphatic rings. The number of hydrogen-bond donors (Lipinski definition) is 1. The smallest absolute Gasteiger partial charge is 0.334 e. The quantitative estimate of drug-likeness (QED) is 0.853. The van der Waals surface area contributed by atoms with Gasteiger partial charge in [-0.15, -0.1) is 0 Å². The summed E-state index contributed by atoms with van der Waals surface area (Å²) in [6.07, 6.45) is 2.45. The number of benzene rings is 1. The molecule has 1 amide bonds. The van der Waals surface area contributed by atoms with Crippen molar-refractivity contribution in [3.05, 3.63) is 34.3 Å². The molecule has 0 aromatic heterocycles. The summed E-state index contributed by atoms with van der Waals surface area (Å²) in [7, 11) is 0. The molecule has 0 radical (unpaired) electrons. The molecule has 1 aromatic rings. The second-order valence-corrected chi connectivity index (χ2v) is 7.70. The minimum atomic E-state index is -1.01. The number of hydrogen-bond acceptors (Lipinski definition) is 3. The van der Waals surface area contributed by atoms with Crippen LogP contribution in [-0.4, -0.2) is 47.2 Å². The topological polar surface area (TPSA) is 66.8 Å². The number of morpholine rings is 1. The number of carbonyl (C=O) groups excluding carboxylic acids is 1. The number of nitrogens with zero attached hydrogens (tertiary/aromatic N) is 1. The Morgan fingerprint density at radius 2 is 1.83 bits per heavy atom. The second-order valence-electron chi connectivity index (χ2n) is 6.78. The Labute approximate surface area is 150 Å². The SMILES string of the molecule is C[C@@H]1CN(C(=O)C2(c3ccc(Br)cc3)CCCC2)CC(C(=O)O)O1. The Kier molecular flexibility index (Phi) is 4.97. The fourth-order valence-electron chi connectivity index (χ4n) is 3.93. The molecule has 3 rings (SSSR count). The average Bonchev–Trinajstić information content (AvgIpc) is 3.05. The van der Waals surface area contributed by atoms with E-state index in [0.717, 1.165) is 35.7 Å². The van der Waals surface area contributed by atoms with E-state index in [1.165, 1.54) is 0 Å². The van der Waals surface area contributed by atoms with Crippen molar-refractivity contribution in [2.75, 3.05) is 13.1 Å². The van der Waals surface area contributed by atoms with Crippen molar-refractivity contribution >= 4 is 27.8 Å². The van der Waals surface area contributed by atoms with Gasteiger partial charge in [-0.25, -0.2) is 4.79 Å². The van der Waals surface area contributed by atoms with Crippen LogP contribution in [0.4, 0.5) is 0 Å². The number of carboxylic acid groups (broad SMARTS) is 1. The van der Waals surface area contributed by atoms with Gasteiger partial charge in [0.1, 0.15) is 0 Å². The maximum absolute atomic E-state index is 13.4. The van der Waals surface area contributed by atoms with E-state index in [1.54, 1.807) is 4.90 Å². The van der Waals surface area contributed by atoms with Crippen molar-refractivity contribution in [1.29, 1.82) is 0 Å². The highest BCUT2D eigenvalue weighted by atomic mass is 79.9. The van der Waals surface area contributed by atoms with Gasteiger partial charge in [-0.1, -0.05) is 40.9 Å². The highest BCUT2D eigenvalue weighted by molar-refractivity contribution is 9.10. The Morgan fingerprint density at radius 1 is 1.21 bits per heavy atom. The zero-order valence-electron chi connectivity index (χ0n) is 13.7. The lowest BCUT2D eigenvalue weighted by molar-refractivity contribution is -0.168. The van der Waals surface area contributed by atoms with Gasteiger partial charge >= 0.3 is 5.97 Å². The molecule has 2 atom stereocenters. The summed E-state index contributed by atoms with van der Waals surface area (Å²) in [5.74, 6) is -0.966. The number of aliphatic carboxylic acids is 1. The molecule has 5 nitrogen and oxygen atoms in total. The molecule has 0 bridgehead atoms. The molecular weight excluding hydrogens is 374 g/mol. The molecule has 1 unspecified atom stereocenters. The van der Waals surface area contributed by atoms with Gasteiger partial charge in [0.05, 0.1) is 18.1 Å². The van der Waals surface area contributed by atoms with Crippen LogP contribution < -0.4 is 0 Å². The van der Waals surface area contributed by atoms with Crippen LogP contribution in [-0.2, 0) is 19.7 Å². The standard InChI is InChI=1S/C18H22BrNO4/c1-12-10-20(11-15(24-12)16(21)22)17(23)18(8-2-3-9-18)13-4-6-14(19)7-5-13/h4-7,12,15H,2-3,8-11H2,1H3,(H,21,22)/t12-,15?/m1/s1. The Morgan fingerprint density at radius 3 is 2.42 bits per heavy atom. The first-order valence-electron chi connectivity index (χ1n) is 8.36. The maximum atomic E-state index is 13.4. The third-order valence-corrected chi connectivity index (χ3v) is 5.61. The van der Waals surface area contributed by atoms with Crippen LogP contribution in [0.15, 0.2) is 28.7 Å². The minimum absolute atomic E-state index is 0.0451. The lowest BCUT2D eigenvalue weighted by Gasteiger charge is -2.40. The molecule has 0 spiro atoms. The summed E-state index contributed by atoms with van der Waals surface area (Å²) < 4.78 is 6.43. The summed E-state index contributed by atoms with van der Waals surface area (Å²) in [6, 6.07) is 7.94. The van der Waals surface area contributed by atoms with E-state index in [0.29, 0.717) is 6.54 Å². The van der Waals surface area contributed by atoms with Crippen LogP contribution in [0.3, 0.4) is 0 Å². The highest BCUT2D eigenvalue weighted by Crippen LogP contribution is 2.43. The predicted octanol–water partition coefficient (Wildman–Crippen LogP) is 2.96. The lowest BCUT2D eigenvalue weighted by Crippen LogP contribution is -2.56. The van der Waals surface area contributed by atoms with Crippen LogP contribution in [0.2, 0.25) is 0 Å². The van der Waals surface area contributed by atoms with Gasteiger partial charge in [0.2, 0.25) is 5.91 Å². The third-order valence-electron chi connectivity index (χ3n) is 5.09. The van der Waals surface area contributed by atoms with Crippen LogP contribution in [0.5, 0.6) is 0 Å². The molecule has 1 aliphatic heterocycles. The second kappa shape index (κ2) is 6.84. The largest absolute Gasteiger partial charge is 0.479 e. The van der Waals surface area contributed by atoms with Crippen molar-refractivity contribution in [3.63, 3.8) is 0 Å². The maximum Gasteiger partial charge on any atom is 0.334 e. The highest BCUT2D eigenvalue weighted by Gasteiger charge is 2.47. The molecule has 130 valence electrons. The molecule has 1 saturated carbocycles. The molecule has 1 saturated heterocycles.